The monoisotopic (exact) mass is 208 g/mol. The van der Waals surface area contributed by atoms with Gasteiger partial charge in [0, 0.05) is 12.6 Å². The van der Waals surface area contributed by atoms with Crippen LogP contribution in [0.25, 0.3) is 11.5 Å². The summed E-state index contributed by atoms with van der Waals surface area (Å²) in [5.41, 5.74) is 0.713. The van der Waals surface area contributed by atoms with Crippen molar-refractivity contribution in [1.82, 2.24) is 9.97 Å². The zero-order valence-corrected chi connectivity index (χ0v) is 8.45. The van der Waals surface area contributed by atoms with Gasteiger partial charge in [0.05, 0.1) is 0 Å². The number of hydrogen-bond acceptors (Lipinski definition) is 3. The molecule has 14 heavy (non-hydrogen) atoms. The summed E-state index contributed by atoms with van der Waals surface area (Å²) in [7, 11) is 0. The molecule has 0 N–H and O–H groups in total. The van der Waals surface area contributed by atoms with Gasteiger partial charge in [-0.2, -0.15) is 0 Å². The van der Waals surface area contributed by atoms with Gasteiger partial charge in [-0.1, -0.05) is 6.92 Å². The summed E-state index contributed by atoms with van der Waals surface area (Å²) in [6, 6.07) is 5.59. The highest BCUT2D eigenvalue weighted by Gasteiger charge is 2.05. The van der Waals surface area contributed by atoms with Gasteiger partial charge in [-0.25, -0.2) is 9.97 Å². The molecule has 2 aromatic rings. The molecule has 0 aliphatic carbocycles. The minimum atomic E-state index is 0.233. The molecule has 0 radical (unpaired) electrons. The lowest BCUT2D eigenvalue weighted by molar-refractivity contribution is 0.527. The van der Waals surface area contributed by atoms with Crippen molar-refractivity contribution in [1.29, 1.82) is 0 Å². The largest absolute Gasteiger partial charge is 0.459 e. The van der Waals surface area contributed by atoms with Crippen LogP contribution in [0.5, 0.6) is 0 Å². The van der Waals surface area contributed by atoms with Crippen LogP contribution >= 0.6 is 11.6 Å². The number of rotatable bonds is 2. The predicted octanol–water partition coefficient (Wildman–Crippen LogP) is 2.95. The molecule has 0 unspecified atom stereocenters. The topological polar surface area (TPSA) is 38.9 Å². The Labute approximate surface area is 86.8 Å². The first kappa shape index (κ1) is 9.21. The van der Waals surface area contributed by atoms with Gasteiger partial charge in [-0.15, -0.1) is 0 Å². The van der Waals surface area contributed by atoms with Gasteiger partial charge in [0.1, 0.15) is 11.5 Å². The van der Waals surface area contributed by atoms with Crippen LogP contribution in [0.4, 0.5) is 0 Å². The molecule has 0 aromatic carbocycles. The third-order valence-corrected chi connectivity index (χ3v) is 2.07. The van der Waals surface area contributed by atoms with Crippen LogP contribution in [0, 0.1) is 0 Å². The van der Waals surface area contributed by atoms with Gasteiger partial charge in [-0.05, 0) is 29.8 Å². The van der Waals surface area contributed by atoms with E-state index in [2.05, 4.69) is 9.97 Å². The second-order valence-electron chi connectivity index (χ2n) is 2.83. The van der Waals surface area contributed by atoms with E-state index in [-0.39, 0.29) is 5.28 Å². The second kappa shape index (κ2) is 3.80. The second-order valence-corrected chi connectivity index (χ2v) is 3.17. The molecular weight excluding hydrogens is 200 g/mol. The van der Waals surface area contributed by atoms with Crippen molar-refractivity contribution >= 4 is 11.6 Å². The molecule has 0 amide bonds. The van der Waals surface area contributed by atoms with Crippen molar-refractivity contribution < 1.29 is 4.42 Å². The number of hydrogen-bond donors (Lipinski definition) is 0. The average Bonchev–Trinajstić information content (AvgIpc) is 2.66. The molecule has 4 heteroatoms. The Balaban J connectivity index is 2.39. The molecule has 0 spiro atoms. The fourth-order valence-corrected chi connectivity index (χ4v) is 1.33. The molecule has 0 saturated heterocycles. The smallest absolute Gasteiger partial charge is 0.222 e. The van der Waals surface area contributed by atoms with Crippen molar-refractivity contribution in [2.75, 3.05) is 0 Å². The number of halogens is 1. The first-order valence-corrected chi connectivity index (χ1v) is 4.75. The average molecular weight is 209 g/mol. The lowest BCUT2D eigenvalue weighted by Crippen LogP contribution is -1.84. The molecule has 0 saturated carbocycles. The van der Waals surface area contributed by atoms with Gasteiger partial charge >= 0.3 is 0 Å². The summed E-state index contributed by atoms with van der Waals surface area (Å²) in [6.07, 6.45) is 2.48. The maximum atomic E-state index is 5.67. The number of nitrogens with zero attached hydrogens (tertiary/aromatic N) is 2. The molecule has 3 nitrogen and oxygen atoms in total. The quantitative estimate of drug-likeness (QED) is 0.713. The van der Waals surface area contributed by atoms with Crippen LogP contribution in [-0.4, -0.2) is 9.97 Å². The number of aromatic nitrogens is 2. The SMILES string of the molecule is CCc1ccc(-c2ccnc(Cl)n2)o1. The lowest BCUT2D eigenvalue weighted by atomic mass is 10.3. The zero-order chi connectivity index (χ0) is 9.97. The first-order chi connectivity index (χ1) is 6.79. The predicted molar refractivity (Wildman–Crippen MR) is 54.1 cm³/mol. The van der Waals surface area contributed by atoms with Crippen LogP contribution in [0.3, 0.4) is 0 Å². The zero-order valence-electron chi connectivity index (χ0n) is 7.70. The van der Waals surface area contributed by atoms with Crippen LogP contribution in [0.1, 0.15) is 12.7 Å². The molecule has 2 rings (SSSR count). The van der Waals surface area contributed by atoms with E-state index in [1.165, 1.54) is 0 Å². The Kier molecular flexibility index (Phi) is 2.50. The van der Waals surface area contributed by atoms with E-state index in [9.17, 15) is 0 Å². The summed E-state index contributed by atoms with van der Waals surface area (Å²) < 4.78 is 5.52. The van der Waals surface area contributed by atoms with E-state index in [1.807, 2.05) is 19.1 Å². The molecule has 2 aromatic heterocycles. The normalized spacial score (nSPS) is 10.4. The molecule has 2 heterocycles. The van der Waals surface area contributed by atoms with E-state index < -0.39 is 0 Å². The summed E-state index contributed by atoms with van der Waals surface area (Å²) in [6.45, 7) is 2.04. The Hall–Kier alpha value is -1.35. The third kappa shape index (κ3) is 1.77. The minimum absolute atomic E-state index is 0.233. The maximum Gasteiger partial charge on any atom is 0.222 e. The lowest BCUT2D eigenvalue weighted by Gasteiger charge is -1.95. The molecule has 72 valence electrons. The van der Waals surface area contributed by atoms with Gasteiger partial charge in [0.2, 0.25) is 5.28 Å². The fourth-order valence-electron chi connectivity index (χ4n) is 1.18. The molecule has 0 fully saturated rings. The summed E-state index contributed by atoms with van der Waals surface area (Å²) >= 11 is 5.67. The van der Waals surface area contributed by atoms with Crippen LogP contribution in [-0.2, 0) is 6.42 Å². The van der Waals surface area contributed by atoms with Crippen molar-refractivity contribution in [3.63, 3.8) is 0 Å². The number of furan rings is 1. The van der Waals surface area contributed by atoms with Crippen molar-refractivity contribution in [3.05, 3.63) is 35.4 Å². The highest BCUT2D eigenvalue weighted by molar-refractivity contribution is 6.28. The van der Waals surface area contributed by atoms with Gasteiger partial charge in [0.15, 0.2) is 5.76 Å². The van der Waals surface area contributed by atoms with Crippen LogP contribution in [0.15, 0.2) is 28.8 Å². The molecular formula is C10H9ClN2O. The van der Waals surface area contributed by atoms with Crippen LogP contribution in [0.2, 0.25) is 5.28 Å². The summed E-state index contributed by atoms with van der Waals surface area (Å²) in [5, 5.41) is 0.233. The fraction of sp³-hybridized carbons (Fsp3) is 0.200. The van der Waals surface area contributed by atoms with Gasteiger partial charge in [-0.3, -0.25) is 0 Å². The van der Waals surface area contributed by atoms with Crippen LogP contribution < -0.4 is 0 Å². The summed E-state index contributed by atoms with van der Waals surface area (Å²) in [4.78, 5) is 7.86. The Morgan fingerprint density at radius 2 is 2.21 bits per heavy atom. The Bertz CT molecular complexity index is 439. The molecule has 0 bridgehead atoms. The van der Waals surface area contributed by atoms with E-state index in [0.717, 1.165) is 17.9 Å². The molecule has 0 aliphatic rings. The van der Waals surface area contributed by atoms with E-state index in [4.69, 9.17) is 16.0 Å². The Morgan fingerprint density at radius 1 is 1.36 bits per heavy atom. The van der Waals surface area contributed by atoms with Gasteiger partial charge in [0.25, 0.3) is 0 Å². The van der Waals surface area contributed by atoms with E-state index in [0.29, 0.717) is 5.69 Å². The van der Waals surface area contributed by atoms with E-state index in [1.54, 1.807) is 12.3 Å². The Morgan fingerprint density at radius 3 is 2.86 bits per heavy atom. The van der Waals surface area contributed by atoms with Crippen molar-refractivity contribution in [2.24, 2.45) is 0 Å². The summed E-state index contributed by atoms with van der Waals surface area (Å²) in [5.74, 6) is 1.67. The third-order valence-electron chi connectivity index (χ3n) is 1.89. The maximum absolute atomic E-state index is 5.67. The van der Waals surface area contributed by atoms with E-state index >= 15 is 0 Å². The highest BCUT2D eigenvalue weighted by Crippen LogP contribution is 2.20. The minimum Gasteiger partial charge on any atom is -0.459 e. The van der Waals surface area contributed by atoms with Crippen molar-refractivity contribution in [2.45, 2.75) is 13.3 Å². The first-order valence-electron chi connectivity index (χ1n) is 4.37. The standard InChI is InChI=1S/C10H9ClN2O/c1-2-7-3-4-9(14-7)8-5-6-12-10(11)13-8/h3-6H,2H2,1H3. The van der Waals surface area contributed by atoms with Crippen molar-refractivity contribution in [3.8, 4) is 11.5 Å². The molecule has 0 atom stereocenters. The number of aryl methyl sites for hydroxylation is 1. The molecule has 0 aliphatic heterocycles. The van der Waals surface area contributed by atoms with Gasteiger partial charge < -0.3 is 4.42 Å². The highest BCUT2D eigenvalue weighted by atomic mass is 35.5.